The Hall–Kier alpha value is -1.03. The lowest BCUT2D eigenvalue weighted by Gasteiger charge is -2.12. The third-order valence-corrected chi connectivity index (χ3v) is 5.41. The number of rotatable bonds is 5. The third kappa shape index (κ3) is 4.00. The Morgan fingerprint density at radius 1 is 1.52 bits per heavy atom. The number of nitro benzene ring substituents is 1. The van der Waals surface area contributed by atoms with Gasteiger partial charge >= 0.3 is 0 Å². The monoisotopic (exact) mass is 377 g/mol. The van der Waals surface area contributed by atoms with Crippen LogP contribution in [0, 0.1) is 16.0 Å². The summed E-state index contributed by atoms with van der Waals surface area (Å²) in [5.74, 6) is 0.232. The molecule has 1 aromatic carbocycles. The molecule has 1 N–H and O–H groups in total. The summed E-state index contributed by atoms with van der Waals surface area (Å²) in [4.78, 5) is 12.1. The summed E-state index contributed by atoms with van der Waals surface area (Å²) in [7, 11) is -1.92. The van der Waals surface area contributed by atoms with Crippen LogP contribution in [0.5, 0.6) is 0 Å². The van der Waals surface area contributed by atoms with Crippen molar-refractivity contribution in [2.24, 2.45) is 5.92 Å². The smallest absolute Gasteiger partial charge is 0.289 e. The number of hydrogen-bond acceptors (Lipinski definition) is 5. The molecule has 9 heteroatoms. The summed E-state index contributed by atoms with van der Waals surface area (Å²) in [6.45, 7) is 2.04. The van der Waals surface area contributed by atoms with Gasteiger partial charge in [-0.15, -0.1) is 0 Å². The first-order valence-electron chi connectivity index (χ1n) is 6.42. The molecule has 0 radical (unpaired) electrons. The molecule has 2 rings (SSSR count). The number of sulfonamides is 1. The van der Waals surface area contributed by atoms with Crippen LogP contribution in [0.1, 0.15) is 6.42 Å². The maximum absolute atomic E-state index is 12.3. The molecule has 1 saturated heterocycles. The lowest BCUT2D eigenvalue weighted by Crippen LogP contribution is -2.31. The molecule has 7 nitrogen and oxygen atoms in total. The quantitative estimate of drug-likeness (QED) is 0.621. The van der Waals surface area contributed by atoms with E-state index in [1.54, 1.807) is 0 Å². The Kier molecular flexibility index (Phi) is 4.97. The van der Waals surface area contributed by atoms with Gasteiger partial charge in [0.15, 0.2) is 4.90 Å². The molecule has 1 heterocycles. The van der Waals surface area contributed by atoms with Gasteiger partial charge < -0.3 is 4.90 Å². The average molecular weight is 378 g/mol. The largest absolute Gasteiger partial charge is 0.306 e. The molecule has 0 amide bonds. The number of likely N-dealkylation sites (tertiary alicyclic amines) is 1. The second kappa shape index (κ2) is 6.39. The van der Waals surface area contributed by atoms with Crippen molar-refractivity contribution in [1.29, 1.82) is 0 Å². The zero-order chi connectivity index (χ0) is 15.6. The van der Waals surface area contributed by atoms with E-state index >= 15 is 0 Å². The van der Waals surface area contributed by atoms with Gasteiger partial charge in [-0.3, -0.25) is 10.1 Å². The molecule has 0 saturated carbocycles. The Morgan fingerprint density at radius 3 is 2.81 bits per heavy atom. The zero-order valence-corrected chi connectivity index (χ0v) is 13.9. The van der Waals surface area contributed by atoms with Gasteiger partial charge in [0.05, 0.1) is 4.92 Å². The van der Waals surface area contributed by atoms with Crippen LogP contribution in [0.25, 0.3) is 0 Å². The molecule has 0 aromatic heterocycles. The molecule has 21 heavy (non-hydrogen) atoms. The Bertz CT molecular complexity index is 650. The second-order valence-corrected chi connectivity index (χ2v) is 7.79. The highest BCUT2D eigenvalue weighted by Gasteiger charge is 2.28. The highest BCUT2D eigenvalue weighted by Crippen LogP contribution is 2.27. The van der Waals surface area contributed by atoms with Crippen LogP contribution in [-0.2, 0) is 10.0 Å². The number of halogens is 1. The lowest BCUT2D eigenvalue weighted by molar-refractivity contribution is -0.387. The standard InChI is InChI=1S/C12H16BrN3O4S/c1-15-5-4-9(8-15)7-14-21(19,20)12-6-10(13)2-3-11(12)16(17)18/h2-3,6,9,14H,4-5,7-8H2,1H3. The van der Waals surface area contributed by atoms with Gasteiger partial charge in [0, 0.05) is 23.6 Å². The van der Waals surface area contributed by atoms with Crippen LogP contribution in [0.15, 0.2) is 27.6 Å². The van der Waals surface area contributed by atoms with Crippen LogP contribution < -0.4 is 4.72 Å². The molecule has 1 aliphatic rings. The van der Waals surface area contributed by atoms with Gasteiger partial charge in [0.25, 0.3) is 5.69 Å². The van der Waals surface area contributed by atoms with E-state index in [0.717, 1.165) is 19.5 Å². The summed E-state index contributed by atoms with van der Waals surface area (Å²) in [5, 5.41) is 11.0. The highest BCUT2D eigenvalue weighted by atomic mass is 79.9. The van der Waals surface area contributed by atoms with Crippen molar-refractivity contribution in [2.75, 3.05) is 26.7 Å². The van der Waals surface area contributed by atoms with E-state index in [-0.39, 0.29) is 17.4 Å². The maximum atomic E-state index is 12.3. The summed E-state index contributed by atoms with van der Waals surface area (Å²) in [6.07, 6.45) is 0.916. The van der Waals surface area contributed by atoms with Crippen molar-refractivity contribution in [3.8, 4) is 0 Å². The molecule has 0 aliphatic carbocycles. The van der Waals surface area contributed by atoms with Gasteiger partial charge in [0.1, 0.15) is 0 Å². The van der Waals surface area contributed by atoms with E-state index in [1.165, 1.54) is 18.2 Å². The fourth-order valence-electron chi connectivity index (χ4n) is 2.35. The first-order chi connectivity index (χ1) is 9.79. The normalized spacial score (nSPS) is 19.8. The number of nitro groups is 1. The first-order valence-corrected chi connectivity index (χ1v) is 8.69. The molecule has 1 fully saturated rings. The summed E-state index contributed by atoms with van der Waals surface area (Å²) in [5.41, 5.74) is -0.422. The van der Waals surface area contributed by atoms with E-state index in [2.05, 4.69) is 25.6 Å². The van der Waals surface area contributed by atoms with E-state index < -0.39 is 20.6 Å². The Labute approximate surface area is 131 Å². The molecular formula is C12H16BrN3O4S. The maximum Gasteiger partial charge on any atom is 0.289 e. The fraction of sp³-hybridized carbons (Fsp3) is 0.500. The predicted molar refractivity (Wildman–Crippen MR) is 81.6 cm³/mol. The van der Waals surface area contributed by atoms with E-state index in [4.69, 9.17) is 0 Å². The minimum Gasteiger partial charge on any atom is -0.306 e. The van der Waals surface area contributed by atoms with Crippen molar-refractivity contribution in [1.82, 2.24) is 9.62 Å². The molecular weight excluding hydrogens is 362 g/mol. The van der Waals surface area contributed by atoms with Crippen molar-refractivity contribution < 1.29 is 13.3 Å². The topological polar surface area (TPSA) is 92.6 Å². The van der Waals surface area contributed by atoms with Crippen molar-refractivity contribution in [3.05, 3.63) is 32.8 Å². The van der Waals surface area contributed by atoms with Gasteiger partial charge in [0.2, 0.25) is 10.0 Å². The van der Waals surface area contributed by atoms with Gasteiger partial charge in [-0.05, 0) is 38.1 Å². The summed E-state index contributed by atoms with van der Waals surface area (Å²) < 4.78 is 27.6. The molecule has 0 spiro atoms. The van der Waals surface area contributed by atoms with Crippen LogP contribution in [0.2, 0.25) is 0 Å². The Balaban J connectivity index is 2.19. The summed E-state index contributed by atoms with van der Waals surface area (Å²) in [6, 6.07) is 3.88. The number of benzene rings is 1. The molecule has 1 aromatic rings. The predicted octanol–water partition coefficient (Wildman–Crippen LogP) is 1.59. The van der Waals surface area contributed by atoms with Gasteiger partial charge in [-0.25, -0.2) is 13.1 Å². The lowest BCUT2D eigenvalue weighted by atomic mass is 10.1. The zero-order valence-electron chi connectivity index (χ0n) is 11.5. The van der Waals surface area contributed by atoms with Crippen LogP contribution in [0.3, 0.4) is 0 Å². The van der Waals surface area contributed by atoms with E-state index in [9.17, 15) is 18.5 Å². The summed E-state index contributed by atoms with van der Waals surface area (Å²) >= 11 is 3.14. The van der Waals surface area contributed by atoms with Gasteiger partial charge in [-0.1, -0.05) is 15.9 Å². The fourth-order valence-corrected chi connectivity index (χ4v) is 4.18. The SMILES string of the molecule is CN1CCC(CNS(=O)(=O)c2cc(Br)ccc2[N+](=O)[O-])C1. The molecule has 116 valence electrons. The van der Waals surface area contributed by atoms with E-state index in [0.29, 0.717) is 4.47 Å². The van der Waals surface area contributed by atoms with Crippen molar-refractivity contribution in [2.45, 2.75) is 11.3 Å². The first kappa shape index (κ1) is 16.3. The molecule has 1 aliphatic heterocycles. The Morgan fingerprint density at radius 2 is 2.24 bits per heavy atom. The van der Waals surface area contributed by atoms with E-state index in [1.807, 2.05) is 7.05 Å². The minimum atomic E-state index is -3.90. The molecule has 0 bridgehead atoms. The van der Waals surface area contributed by atoms with Gasteiger partial charge in [-0.2, -0.15) is 0 Å². The average Bonchev–Trinajstić information content (AvgIpc) is 2.82. The number of hydrogen-bond donors (Lipinski definition) is 1. The van der Waals surface area contributed by atoms with Crippen molar-refractivity contribution in [3.63, 3.8) is 0 Å². The number of nitrogens with one attached hydrogen (secondary N) is 1. The van der Waals surface area contributed by atoms with Crippen LogP contribution in [-0.4, -0.2) is 44.9 Å². The number of nitrogens with zero attached hydrogens (tertiary/aromatic N) is 2. The third-order valence-electron chi connectivity index (χ3n) is 3.46. The van der Waals surface area contributed by atoms with Crippen LogP contribution in [0.4, 0.5) is 5.69 Å². The minimum absolute atomic E-state index is 0.232. The molecule has 1 unspecified atom stereocenters. The molecule has 1 atom stereocenters. The highest BCUT2D eigenvalue weighted by molar-refractivity contribution is 9.10. The van der Waals surface area contributed by atoms with Crippen molar-refractivity contribution >= 4 is 31.6 Å². The second-order valence-electron chi connectivity index (χ2n) is 5.14. The van der Waals surface area contributed by atoms with Crippen LogP contribution >= 0.6 is 15.9 Å².